The molecule has 0 aromatic carbocycles. The first-order chi connectivity index (χ1) is 2.71. The smallest absolute Gasteiger partial charge is 0.0452 e. The van der Waals surface area contributed by atoms with Gasteiger partial charge in [-0.05, 0) is 19.3 Å². The van der Waals surface area contributed by atoms with E-state index in [1.54, 1.807) is 0 Å². The average Bonchev–Trinajstić information content (AvgIpc) is 1.32. The number of rotatable bonds is 0. The fourth-order valence-corrected chi connectivity index (χ4v) is 1.40. The Kier molecular flexibility index (Phi) is 0.776. The van der Waals surface area contributed by atoms with Crippen LogP contribution in [-0.4, -0.2) is 20.6 Å². The maximum absolute atomic E-state index is 8.97. The Morgan fingerprint density at radius 1 is 1.50 bits per heavy atom. The molecule has 1 fully saturated rings. The van der Waals surface area contributed by atoms with Gasteiger partial charge < -0.3 is 5.11 Å². The van der Waals surface area contributed by atoms with Crippen LogP contribution >= 0.6 is 0 Å². The lowest BCUT2D eigenvalue weighted by molar-refractivity contribution is 0.0490. The molecule has 0 bridgehead atoms. The third-order valence-electron chi connectivity index (χ3n) is 1.43. The molecule has 1 saturated carbocycles. The van der Waals surface area contributed by atoms with Crippen LogP contribution in [0.3, 0.4) is 0 Å². The number of hydrogen-bond acceptors (Lipinski definition) is 1. The quantitative estimate of drug-likeness (QED) is 0.398. The zero-order valence-corrected chi connectivity index (χ0v) is 6.07. The molecular weight excluding hydrogens is 92.1 g/mol. The molecule has 0 unspecified atom stereocenters. The van der Waals surface area contributed by atoms with Gasteiger partial charge in [-0.15, -0.1) is 0 Å². The Labute approximate surface area is 40.8 Å². The highest BCUT2D eigenvalue weighted by Crippen LogP contribution is 2.27. The first-order valence-corrected chi connectivity index (χ1v) is 3.43. The normalized spacial score (nSPS) is 29.5. The molecule has 0 amide bonds. The van der Waals surface area contributed by atoms with E-state index in [0.29, 0.717) is 0 Å². The molecule has 1 aliphatic rings. The van der Waals surface area contributed by atoms with E-state index >= 15 is 0 Å². The van der Waals surface area contributed by atoms with Crippen molar-refractivity contribution in [2.45, 2.75) is 24.5 Å². The maximum Gasteiger partial charge on any atom is 0.0452 e. The first-order valence-electron chi connectivity index (χ1n) is 2.43. The molecular formula is C4H10OSi. The van der Waals surface area contributed by atoms with Gasteiger partial charge in [0.05, 0.1) is 0 Å². The summed E-state index contributed by atoms with van der Waals surface area (Å²) in [5.74, 6) is 0. The second kappa shape index (κ2) is 1.07. The Hall–Kier alpha value is 0.177. The van der Waals surface area contributed by atoms with Crippen LogP contribution in [-0.2, 0) is 0 Å². The van der Waals surface area contributed by atoms with Crippen LogP contribution in [0.25, 0.3) is 0 Å². The summed E-state index contributed by atoms with van der Waals surface area (Å²) >= 11 is 0. The van der Waals surface area contributed by atoms with Gasteiger partial charge in [0.25, 0.3) is 0 Å². The fraction of sp³-hybridized carbons (Fsp3) is 1.00. The van der Waals surface area contributed by atoms with Crippen LogP contribution in [0.4, 0.5) is 0 Å². The molecule has 2 heteroatoms. The third kappa shape index (κ3) is 0.630. The van der Waals surface area contributed by atoms with E-state index in [4.69, 9.17) is 5.11 Å². The molecule has 1 N–H and O–H groups in total. The molecule has 0 atom stereocenters. The summed E-state index contributed by atoms with van der Waals surface area (Å²) in [5, 5.41) is 8.84. The van der Waals surface area contributed by atoms with E-state index in [-0.39, 0.29) is 5.22 Å². The molecule has 0 spiro atoms. The van der Waals surface area contributed by atoms with E-state index in [0.717, 1.165) is 23.1 Å². The Morgan fingerprint density at radius 3 is 1.83 bits per heavy atom. The minimum absolute atomic E-state index is 0.139. The lowest BCUT2D eigenvalue weighted by atomic mass is 9.95. The van der Waals surface area contributed by atoms with Gasteiger partial charge in [0.1, 0.15) is 0 Å². The predicted octanol–water partition coefficient (Wildman–Crippen LogP) is -0.776. The summed E-state index contributed by atoms with van der Waals surface area (Å²) in [5.41, 5.74) is 0. The lowest BCUT2D eigenvalue weighted by Crippen LogP contribution is -2.36. The molecule has 36 valence electrons. The maximum atomic E-state index is 8.97. The highest BCUT2D eigenvalue weighted by Gasteiger charge is 2.27. The Balaban J connectivity index is 2.31. The highest BCUT2D eigenvalue weighted by molar-refractivity contribution is 6.14. The van der Waals surface area contributed by atoms with E-state index < -0.39 is 0 Å². The first kappa shape index (κ1) is 4.34. The van der Waals surface area contributed by atoms with E-state index in [9.17, 15) is 0 Å². The Morgan fingerprint density at radius 2 is 1.83 bits per heavy atom. The average molecular weight is 102 g/mol. The molecule has 1 rings (SSSR count). The minimum atomic E-state index is -0.139. The second-order valence-electron chi connectivity index (χ2n) is 2.35. The van der Waals surface area contributed by atoms with Crippen molar-refractivity contribution in [2.75, 3.05) is 0 Å². The van der Waals surface area contributed by atoms with Crippen LogP contribution in [0, 0.1) is 0 Å². The fourth-order valence-electron chi connectivity index (χ4n) is 0.688. The van der Waals surface area contributed by atoms with Crippen LogP contribution in [0.5, 0.6) is 0 Å². The largest absolute Gasteiger partial charge is 0.394 e. The molecule has 0 radical (unpaired) electrons. The van der Waals surface area contributed by atoms with Crippen molar-refractivity contribution in [2.24, 2.45) is 0 Å². The third-order valence-corrected chi connectivity index (χ3v) is 2.43. The van der Waals surface area contributed by atoms with Crippen molar-refractivity contribution in [3.05, 3.63) is 0 Å². The molecule has 0 aliphatic heterocycles. The SMILES string of the molecule is OC1([SiH3])CCC1. The Bertz CT molecular complexity index is 54.6. The van der Waals surface area contributed by atoms with Gasteiger partial charge >= 0.3 is 0 Å². The standard InChI is InChI=1S/C4H10OSi/c5-4(6)2-1-3-4/h5H,1-3H2,6H3. The molecule has 6 heavy (non-hydrogen) atoms. The number of aliphatic hydroxyl groups is 1. The predicted molar refractivity (Wildman–Crippen MR) is 28.7 cm³/mol. The van der Waals surface area contributed by atoms with Crippen molar-refractivity contribution < 1.29 is 5.11 Å². The summed E-state index contributed by atoms with van der Waals surface area (Å²) in [6.07, 6.45) is 3.39. The molecule has 0 heterocycles. The second-order valence-corrected chi connectivity index (χ2v) is 4.21. The van der Waals surface area contributed by atoms with Gasteiger partial charge in [0.15, 0.2) is 0 Å². The van der Waals surface area contributed by atoms with Crippen LogP contribution in [0.1, 0.15) is 19.3 Å². The summed E-state index contributed by atoms with van der Waals surface area (Å²) in [6.45, 7) is 0. The van der Waals surface area contributed by atoms with Crippen molar-refractivity contribution >= 4 is 10.2 Å². The van der Waals surface area contributed by atoms with Crippen LogP contribution < -0.4 is 0 Å². The summed E-state index contributed by atoms with van der Waals surface area (Å²) in [4.78, 5) is 0. The zero-order chi connectivity index (χ0) is 4.62. The van der Waals surface area contributed by atoms with Gasteiger partial charge in [-0.3, -0.25) is 0 Å². The van der Waals surface area contributed by atoms with Crippen LogP contribution in [0.15, 0.2) is 0 Å². The minimum Gasteiger partial charge on any atom is -0.394 e. The van der Waals surface area contributed by atoms with Crippen molar-refractivity contribution in [3.8, 4) is 0 Å². The lowest BCUT2D eigenvalue weighted by Gasteiger charge is -2.32. The molecule has 1 aliphatic carbocycles. The van der Waals surface area contributed by atoms with Crippen molar-refractivity contribution in [1.29, 1.82) is 0 Å². The topological polar surface area (TPSA) is 20.2 Å². The molecule has 0 aromatic rings. The van der Waals surface area contributed by atoms with Gasteiger partial charge in [0.2, 0.25) is 0 Å². The van der Waals surface area contributed by atoms with Crippen molar-refractivity contribution in [3.63, 3.8) is 0 Å². The van der Waals surface area contributed by atoms with E-state index in [1.165, 1.54) is 6.42 Å². The van der Waals surface area contributed by atoms with Crippen LogP contribution in [0.2, 0.25) is 0 Å². The summed E-state index contributed by atoms with van der Waals surface area (Å²) < 4.78 is 0. The molecule has 0 aromatic heterocycles. The molecule has 0 saturated heterocycles. The summed E-state index contributed by atoms with van der Waals surface area (Å²) in [6, 6.07) is 0. The summed E-state index contributed by atoms with van der Waals surface area (Å²) in [7, 11) is 0.971. The van der Waals surface area contributed by atoms with Gasteiger partial charge in [-0.1, -0.05) is 0 Å². The zero-order valence-electron chi connectivity index (χ0n) is 4.07. The number of hydrogen-bond donors (Lipinski definition) is 1. The van der Waals surface area contributed by atoms with E-state index in [1.807, 2.05) is 0 Å². The van der Waals surface area contributed by atoms with Gasteiger partial charge in [0, 0.05) is 15.5 Å². The monoisotopic (exact) mass is 102 g/mol. The van der Waals surface area contributed by atoms with Gasteiger partial charge in [-0.2, -0.15) is 0 Å². The van der Waals surface area contributed by atoms with Gasteiger partial charge in [-0.25, -0.2) is 0 Å². The highest BCUT2D eigenvalue weighted by atomic mass is 28.1. The van der Waals surface area contributed by atoms with E-state index in [2.05, 4.69) is 0 Å². The molecule has 1 nitrogen and oxygen atoms in total. The van der Waals surface area contributed by atoms with Crippen molar-refractivity contribution in [1.82, 2.24) is 0 Å².